The fourth-order valence-corrected chi connectivity index (χ4v) is 4.33. The Kier molecular flexibility index (Phi) is 4.68. The maximum Gasteiger partial charge on any atom is 0.161 e. The number of fused-ring (bicyclic) bond motifs is 2. The molecule has 2 heterocycles. The molecule has 0 saturated carbocycles. The Morgan fingerprint density at radius 3 is 1.93 bits per heavy atom. The second-order valence-corrected chi connectivity index (χ2v) is 7.36. The zero-order chi connectivity index (χ0) is 20.5. The van der Waals surface area contributed by atoms with Crippen molar-refractivity contribution in [1.29, 1.82) is 0 Å². The molecule has 0 aliphatic heterocycles. The summed E-state index contributed by atoms with van der Waals surface area (Å²) >= 11 is 0. The highest BCUT2D eigenvalue weighted by atomic mass is 16.5. The van der Waals surface area contributed by atoms with Gasteiger partial charge in [0.25, 0.3) is 0 Å². The molecular formula is C26H24N2O2. The average molecular weight is 396 g/mol. The molecule has 0 aliphatic carbocycles. The minimum absolute atomic E-state index is 0.0439. The van der Waals surface area contributed by atoms with Gasteiger partial charge in [-0.25, -0.2) is 0 Å². The van der Waals surface area contributed by atoms with Gasteiger partial charge in [-0.15, -0.1) is 0 Å². The van der Waals surface area contributed by atoms with E-state index < -0.39 is 0 Å². The highest BCUT2D eigenvalue weighted by molar-refractivity contribution is 5.89. The van der Waals surface area contributed by atoms with Gasteiger partial charge < -0.3 is 19.4 Å². The first-order chi connectivity index (χ1) is 14.8. The lowest BCUT2D eigenvalue weighted by atomic mass is 9.84. The topological polar surface area (TPSA) is 50.0 Å². The molecule has 0 atom stereocenters. The Hall–Kier alpha value is -3.66. The van der Waals surface area contributed by atoms with Crippen molar-refractivity contribution >= 4 is 21.8 Å². The zero-order valence-electron chi connectivity index (χ0n) is 17.1. The van der Waals surface area contributed by atoms with Crippen LogP contribution in [0.4, 0.5) is 0 Å². The van der Waals surface area contributed by atoms with Crippen LogP contribution in [0, 0.1) is 0 Å². The number of para-hydroxylation sites is 2. The maximum atomic E-state index is 5.89. The van der Waals surface area contributed by atoms with Crippen molar-refractivity contribution in [3.63, 3.8) is 0 Å². The molecule has 0 unspecified atom stereocenters. The first-order valence-electron chi connectivity index (χ1n) is 10.2. The zero-order valence-corrected chi connectivity index (χ0v) is 17.1. The van der Waals surface area contributed by atoms with Gasteiger partial charge in [-0.3, -0.25) is 0 Å². The third-order valence-corrected chi connectivity index (χ3v) is 5.69. The molecule has 0 radical (unpaired) electrons. The Balaban J connectivity index is 1.76. The lowest BCUT2D eigenvalue weighted by molar-refractivity contribution is 0.310. The third kappa shape index (κ3) is 3.01. The van der Waals surface area contributed by atoms with Gasteiger partial charge in [0.2, 0.25) is 0 Å². The first kappa shape index (κ1) is 18.4. The summed E-state index contributed by atoms with van der Waals surface area (Å²) in [5.41, 5.74) is 5.91. The van der Waals surface area contributed by atoms with E-state index in [1.54, 1.807) is 7.11 Å². The first-order valence-corrected chi connectivity index (χ1v) is 10.2. The second kappa shape index (κ2) is 7.64. The van der Waals surface area contributed by atoms with E-state index in [0.29, 0.717) is 6.61 Å². The molecule has 5 rings (SSSR count). The van der Waals surface area contributed by atoms with Gasteiger partial charge in [-0.2, -0.15) is 0 Å². The van der Waals surface area contributed by atoms with Gasteiger partial charge >= 0.3 is 0 Å². The van der Waals surface area contributed by atoms with Crippen LogP contribution in [0.5, 0.6) is 11.5 Å². The van der Waals surface area contributed by atoms with Crippen LogP contribution in [-0.2, 0) is 0 Å². The van der Waals surface area contributed by atoms with E-state index >= 15 is 0 Å². The number of aromatic nitrogens is 2. The Morgan fingerprint density at radius 1 is 0.767 bits per heavy atom. The van der Waals surface area contributed by atoms with Gasteiger partial charge in [0.1, 0.15) is 0 Å². The molecule has 2 aromatic heterocycles. The van der Waals surface area contributed by atoms with Crippen molar-refractivity contribution in [1.82, 2.24) is 9.97 Å². The summed E-state index contributed by atoms with van der Waals surface area (Å²) in [5.74, 6) is 1.56. The minimum atomic E-state index is 0.0439. The summed E-state index contributed by atoms with van der Waals surface area (Å²) in [7, 11) is 1.67. The summed E-state index contributed by atoms with van der Waals surface area (Å²) in [6, 6.07) is 23.1. The molecule has 0 aliphatic rings. The molecule has 150 valence electrons. The van der Waals surface area contributed by atoms with E-state index in [1.165, 1.54) is 21.9 Å². The van der Waals surface area contributed by atoms with Crippen LogP contribution < -0.4 is 9.47 Å². The van der Waals surface area contributed by atoms with Crippen molar-refractivity contribution in [2.75, 3.05) is 13.7 Å². The van der Waals surface area contributed by atoms with Crippen molar-refractivity contribution in [3.05, 3.63) is 95.8 Å². The molecule has 3 aromatic carbocycles. The van der Waals surface area contributed by atoms with E-state index in [4.69, 9.17) is 9.47 Å². The van der Waals surface area contributed by atoms with Gasteiger partial charge in [-0.05, 0) is 47.9 Å². The number of H-pyrrole nitrogens is 2. The summed E-state index contributed by atoms with van der Waals surface area (Å²) in [6.45, 7) is 2.58. The largest absolute Gasteiger partial charge is 0.493 e. The summed E-state index contributed by atoms with van der Waals surface area (Å²) in [5, 5.41) is 2.45. The Labute approximate surface area is 175 Å². The van der Waals surface area contributed by atoms with Crippen LogP contribution in [0.2, 0.25) is 0 Å². The highest BCUT2D eigenvalue weighted by Gasteiger charge is 2.24. The predicted molar refractivity (Wildman–Crippen MR) is 122 cm³/mol. The molecule has 4 heteroatoms. The van der Waals surface area contributed by atoms with Crippen molar-refractivity contribution in [2.24, 2.45) is 0 Å². The van der Waals surface area contributed by atoms with E-state index in [1.807, 2.05) is 13.0 Å². The van der Waals surface area contributed by atoms with Crippen LogP contribution in [0.3, 0.4) is 0 Å². The van der Waals surface area contributed by atoms with Crippen molar-refractivity contribution < 1.29 is 9.47 Å². The fraction of sp³-hybridized carbons (Fsp3) is 0.154. The predicted octanol–water partition coefficient (Wildman–Crippen LogP) is 6.24. The van der Waals surface area contributed by atoms with E-state index in [-0.39, 0.29) is 5.92 Å². The maximum absolute atomic E-state index is 5.89. The van der Waals surface area contributed by atoms with Gasteiger partial charge in [0.15, 0.2) is 11.5 Å². The number of benzene rings is 3. The SMILES string of the molecule is CCOc1cc(C(c2c[nH]c3ccccc23)c2c[nH]c3ccccc23)ccc1OC. The molecular weight excluding hydrogens is 372 g/mol. The number of hydrogen-bond acceptors (Lipinski definition) is 2. The summed E-state index contributed by atoms with van der Waals surface area (Å²) in [6.07, 6.45) is 4.25. The Morgan fingerprint density at radius 2 is 1.37 bits per heavy atom. The molecule has 0 bridgehead atoms. The number of methoxy groups -OCH3 is 1. The number of aromatic amines is 2. The van der Waals surface area contributed by atoms with Crippen LogP contribution in [-0.4, -0.2) is 23.7 Å². The average Bonchev–Trinajstić information content (AvgIpc) is 3.40. The molecule has 4 nitrogen and oxygen atoms in total. The summed E-state index contributed by atoms with van der Waals surface area (Å²) < 4.78 is 11.4. The van der Waals surface area contributed by atoms with Gasteiger partial charge in [0, 0.05) is 40.1 Å². The lowest BCUT2D eigenvalue weighted by Gasteiger charge is -2.19. The normalized spacial score (nSPS) is 11.4. The van der Waals surface area contributed by atoms with Crippen LogP contribution >= 0.6 is 0 Å². The van der Waals surface area contributed by atoms with Crippen LogP contribution in [0.1, 0.15) is 29.5 Å². The minimum Gasteiger partial charge on any atom is -0.493 e. The second-order valence-electron chi connectivity index (χ2n) is 7.36. The van der Waals surface area contributed by atoms with Crippen molar-refractivity contribution in [2.45, 2.75) is 12.8 Å². The van der Waals surface area contributed by atoms with Crippen molar-refractivity contribution in [3.8, 4) is 11.5 Å². The van der Waals surface area contributed by atoms with E-state index in [2.05, 4.69) is 83.0 Å². The quantitative estimate of drug-likeness (QED) is 0.357. The number of rotatable bonds is 6. The molecule has 0 saturated heterocycles. The van der Waals surface area contributed by atoms with Gasteiger partial charge in [0.05, 0.1) is 13.7 Å². The van der Waals surface area contributed by atoms with E-state index in [9.17, 15) is 0 Å². The Bertz CT molecular complexity index is 1240. The fourth-order valence-electron chi connectivity index (χ4n) is 4.33. The smallest absolute Gasteiger partial charge is 0.161 e. The third-order valence-electron chi connectivity index (χ3n) is 5.69. The molecule has 0 fully saturated rings. The lowest BCUT2D eigenvalue weighted by Crippen LogP contribution is -2.04. The molecule has 0 spiro atoms. The molecule has 2 N–H and O–H groups in total. The molecule has 5 aromatic rings. The van der Waals surface area contributed by atoms with Gasteiger partial charge in [-0.1, -0.05) is 42.5 Å². The number of hydrogen-bond donors (Lipinski definition) is 2. The highest BCUT2D eigenvalue weighted by Crippen LogP contribution is 2.41. The number of ether oxygens (including phenoxy) is 2. The molecule has 30 heavy (non-hydrogen) atoms. The monoisotopic (exact) mass is 396 g/mol. The van der Waals surface area contributed by atoms with Crippen LogP contribution in [0.25, 0.3) is 21.8 Å². The molecule has 0 amide bonds. The number of nitrogens with one attached hydrogen (secondary N) is 2. The van der Waals surface area contributed by atoms with E-state index in [0.717, 1.165) is 28.1 Å². The van der Waals surface area contributed by atoms with Crippen LogP contribution in [0.15, 0.2) is 79.1 Å². The summed E-state index contributed by atoms with van der Waals surface area (Å²) in [4.78, 5) is 6.89. The standard InChI is InChI=1S/C26H24N2O2/c1-3-30-25-14-17(12-13-24(25)29-2)26(20-15-27-22-10-6-4-8-18(20)22)21-16-28-23-11-7-5-9-19(21)23/h4-16,26-28H,3H2,1-2H3.